The first-order valence-electron chi connectivity index (χ1n) is 4.20. The van der Waals surface area contributed by atoms with Crippen molar-refractivity contribution in [3.8, 4) is 0 Å². The summed E-state index contributed by atoms with van der Waals surface area (Å²) in [6.07, 6.45) is 0. The predicted molar refractivity (Wildman–Crippen MR) is 43.7 cm³/mol. The lowest BCUT2D eigenvalue weighted by Gasteiger charge is -2.31. The van der Waals surface area contributed by atoms with Crippen LogP contribution in [-0.4, -0.2) is 51.0 Å². The molecule has 1 fully saturated rings. The van der Waals surface area contributed by atoms with Crippen molar-refractivity contribution < 1.29 is 9.47 Å². The van der Waals surface area contributed by atoms with E-state index in [1.54, 1.807) is 0 Å². The molecule has 0 amide bonds. The average molecular weight is 159 g/mol. The topological polar surface area (TPSA) is 21.7 Å². The Morgan fingerprint density at radius 3 is 3.09 bits per heavy atom. The SMILES string of the molecule is CCOCC1COCCN1C. The summed E-state index contributed by atoms with van der Waals surface area (Å²) in [6, 6.07) is 0.462. The average Bonchev–Trinajstić information content (AvgIpc) is 2.03. The lowest BCUT2D eigenvalue weighted by molar-refractivity contribution is -0.0300. The minimum Gasteiger partial charge on any atom is -0.380 e. The zero-order chi connectivity index (χ0) is 8.10. The highest BCUT2D eigenvalue weighted by atomic mass is 16.5. The van der Waals surface area contributed by atoms with E-state index in [4.69, 9.17) is 9.47 Å². The highest BCUT2D eigenvalue weighted by Crippen LogP contribution is 2.03. The van der Waals surface area contributed by atoms with Crippen LogP contribution in [0.1, 0.15) is 6.92 Å². The molecule has 3 heteroatoms. The normalized spacial score (nSPS) is 27.3. The van der Waals surface area contributed by atoms with Crippen LogP contribution < -0.4 is 0 Å². The van der Waals surface area contributed by atoms with Gasteiger partial charge < -0.3 is 9.47 Å². The summed E-state index contributed by atoms with van der Waals surface area (Å²) in [5, 5.41) is 0. The van der Waals surface area contributed by atoms with Gasteiger partial charge in [-0.2, -0.15) is 0 Å². The minimum absolute atomic E-state index is 0.462. The van der Waals surface area contributed by atoms with Crippen LogP contribution in [0.15, 0.2) is 0 Å². The largest absolute Gasteiger partial charge is 0.380 e. The van der Waals surface area contributed by atoms with Gasteiger partial charge in [0.1, 0.15) is 0 Å². The van der Waals surface area contributed by atoms with Crippen LogP contribution in [0.2, 0.25) is 0 Å². The quantitative estimate of drug-likeness (QED) is 0.593. The Bertz CT molecular complexity index is 108. The third-order valence-electron chi connectivity index (χ3n) is 2.04. The molecule has 1 aliphatic rings. The van der Waals surface area contributed by atoms with E-state index in [1.165, 1.54) is 0 Å². The Hall–Kier alpha value is -0.120. The minimum atomic E-state index is 0.462. The van der Waals surface area contributed by atoms with Crippen molar-refractivity contribution in [2.24, 2.45) is 0 Å². The van der Waals surface area contributed by atoms with Gasteiger partial charge in [0.2, 0.25) is 0 Å². The van der Waals surface area contributed by atoms with Gasteiger partial charge in [0, 0.05) is 13.2 Å². The number of hydrogen-bond acceptors (Lipinski definition) is 3. The molecule has 0 aromatic carbocycles. The molecule has 0 aromatic rings. The second-order valence-electron chi connectivity index (χ2n) is 2.87. The second-order valence-corrected chi connectivity index (χ2v) is 2.87. The van der Waals surface area contributed by atoms with Crippen LogP contribution in [-0.2, 0) is 9.47 Å². The van der Waals surface area contributed by atoms with Crippen molar-refractivity contribution in [3.05, 3.63) is 0 Å². The first-order valence-corrected chi connectivity index (χ1v) is 4.20. The number of hydrogen-bond donors (Lipinski definition) is 0. The van der Waals surface area contributed by atoms with Gasteiger partial charge in [0.25, 0.3) is 0 Å². The Kier molecular flexibility index (Phi) is 3.83. The van der Waals surface area contributed by atoms with Gasteiger partial charge in [-0.15, -0.1) is 0 Å². The zero-order valence-electron chi connectivity index (χ0n) is 7.38. The third-order valence-corrected chi connectivity index (χ3v) is 2.04. The van der Waals surface area contributed by atoms with Crippen LogP contribution >= 0.6 is 0 Å². The Morgan fingerprint density at radius 2 is 2.45 bits per heavy atom. The molecule has 0 N–H and O–H groups in total. The first-order chi connectivity index (χ1) is 5.34. The molecule has 0 bridgehead atoms. The lowest BCUT2D eigenvalue weighted by Crippen LogP contribution is -2.45. The lowest BCUT2D eigenvalue weighted by atomic mass is 10.2. The molecule has 0 aromatic heterocycles. The van der Waals surface area contributed by atoms with E-state index in [-0.39, 0.29) is 0 Å². The molecule has 66 valence electrons. The summed E-state index contributed by atoms with van der Waals surface area (Å²) in [5.41, 5.74) is 0. The first kappa shape index (κ1) is 8.97. The highest BCUT2D eigenvalue weighted by molar-refractivity contribution is 4.71. The molecule has 1 unspecified atom stereocenters. The molecule has 11 heavy (non-hydrogen) atoms. The summed E-state index contributed by atoms with van der Waals surface area (Å²) in [7, 11) is 2.12. The fourth-order valence-corrected chi connectivity index (χ4v) is 1.17. The van der Waals surface area contributed by atoms with Crippen LogP contribution in [0.4, 0.5) is 0 Å². The second kappa shape index (κ2) is 4.70. The van der Waals surface area contributed by atoms with E-state index >= 15 is 0 Å². The summed E-state index contributed by atoms with van der Waals surface area (Å²) in [4.78, 5) is 2.29. The van der Waals surface area contributed by atoms with Gasteiger partial charge in [-0.1, -0.05) is 0 Å². The number of nitrogens with zero attached hydrogens (tertiary/aromatic N) is 1. The Balaban J connectivity index is 2.18. The van der Waals surface area contributed by atoms with E-state index in [1.807, 2.05) is 6.92 Å². The molecule has 3 nitrogen and oxygen atoms in total. The third kappa shape index (κ3) is 2.77. The Morgan fingerprint density at radius 1 is 1.64 bits per heavy atom. The van der Waals surface area contributed by atoms with Gasteiger partial charge in [0.15, 0.2) is 0 Å². The van der Waals surface area contributed by atoms with Gasteiger partial charge in [0.05, 0.1) is 25.9 Å². The van der Waals surface area contributed by atoms with Crippen LogP contribution in [0, 0.1) is 0 Å². The standard InChI is InChI=1S/C8H17NO2/c1-3-10-6-8-7-11-5-4-9(8)2/h8H,3-7H2,1-2H3. The molecule has 0 spiro atoms. The molecule has 1 atom stereocenters. The van der Waals surface area contributed by atoms with Crippen molar-refractivity contribution >= 4 is 0 Å². The van der Waals surface area contributed by atoms with E-state index in [9.17, 15) is 0 Å². The van der Waals surface area contributed by atoms with E-state index in [0.29, 0.717) is 6.04 Å². The van der Waals surface area contributed by atoms with Gasteiger partial charge in [-0.05, 0) is 14.0 Å². The van der Waals surface area contributed by atoms with Crippen molar-refractivity contribution in [2.45, 2.75) is 13.0 Å². The summed E-state index contributed by atoms with van der Waals surface area (Å²) >= 11 is 0. The van der Waals surface area contributed by atoms with Crippen molar-refractivity contribution in [1.29, 1.82) is 0 Å². The van der Waals surface area contributed by atoms with Gasteiger partial charge in [-0.3, -0.25) is 4.90 Å². The highest BCUT2D eigenvalue weighted by Gasteiger charge is 2.18. The molecule has 0 saturated carbocycles. The molecular weight excluding hydrogens is 142 g/mol. The molecule has 0 aliphatic carbocycles. The summed E-state index contributed by atoms with van der Waals surface area (Å²) in [6.45, 7) is 6.31. The molecule has 1 saturated heterocycles. The fraction of sp³-hybridized carbons (Fsp3) is 1.00. The van der Waals surface area contributed by atoms with Crippen molar-refractivity contribution in [1.82, 2.24) is 4.90 Å². The van der Waals surface area contributed by atoms with Gasteiger partial charge >= 0.3 is 0 Å². The van der Waals surface area contributed by atoms with Crippen molar-refractivity contribution in [2.75, 3.05) is 40.0 Å². The molecule has 1 rings (SSSR count). The maximum absolute atomic E-state index is 5.33. The number of ether oxygens (including phenoxy) is 2. The monoisotopic (exact) mass is 159 g/mol. The summed E-state index contributed by atoms with van der Waals surface area (Å²) in [5.74, 6) is 0. The molecule has 1 aliphatic heterocycles. The number of morpholine rings is 1. The molecular formula is C8H17NO2. The van der Waals surface area contributed by atoms with Crippen LogP contribution in [0.5, 0.6) is 0 Å². The number of rotatable bonds is 3. The molecule has 1 heterocycles. The Labute approximate surface area is 68.3 Å². The van der Waals surface area contributed by atoms with E-state index < -0.39 is 0 Å². The number of likely N-dealkylation sites (N-methyl/N-ethyl adjacent to an activating group) is 1. The molecule has 0 radical (unpaired) electrons. The predicted octanol–water partition coefficient (Wildman–Crippen LogP) is 0.353. The van der Waals surface area contributed by atoms with Crippen molar-refractivity contribution in [3.63, 3.8) is 0 Å². The van der Waals surface area contributed by atoms with Crippen LogP contribution in [0.3, 0.4) is 0 Å². The maximum Gasteiger partial charge on any atom is 0.0644 e. The van der Waals surface area contributed by atoms with Crippen LogP contribution in [0.25, 0.3) is 0 Å². The van der Waals surface area contributed by atoms with Gasteiger partial charge in [-0.25, -0.2) is 0 Å². The fourth-order valence-electron chi connectivity index (χ4n) is 1.17. The summed E-state index contributed by atoms with van der Waals surface area (Å²) < 4.78 is 10.6. The van der Waals surface area contributed by atoms with E-state index in [2.05, 4.69) is 11.9 Å². The zero-order valence-corrected chi connectivity index (χ0v) is 7.38. The maximum atomic E-state index is 5.33. The van der Waals surface area contributed by atoms with E-state index in [0.717, 1.165) is 33.0 Å². The smallest absolute Gasteiger partial charge is 0.0644 e.